The number of carbonyl (C=O) groups excluding carboxylic acids is 5. The minimum atomic E-state index is -2.37. The molecule has 1 aliphatic heterocycles. The van der Waals surface area contributed by atoms with Gasteiger partial charge < -0.3 is 14.6 Å². The molecule has 3 rings (SSSR count). The summed E-state index contributed by atoms with van der Waals surface area (Å²) in [6.07, 6.45) is -0.377. The van der Waals surface area contributed by atoms with Crippen LogP contribution in [0.15, 0.2) is 22.8 Å². The molecule has 0 aromatic carbocycles. The third-order valence-corrected chi connectivity index (χ3v) is 6.88. The Morgan fingerprint density at radius 3 is 2.37 bits per heavy atom. The van der Waals surface area contributed by atoms with E-state index in [1.54, 1.807) is 13.8 Å². The lowest BCUT2D eigenvalue weighted by Crippen LogP contribution is -2.50. The fraction of sp³-hybridized carbons (Fsp3) is 0.591. The van der Waals surface area contributed by atoms with Gasteiger partial charge in [-0.2, -0.15) is 0 Å². The van der Waals surface area contributed by atoms with Gasteiger partial charge >= 0.3 is 11.9 Å². The number of hydrogen-bond donors (Lipinski definition) is 1. The molecule has 6 atom stereocenters. The highest BCUT2D eigenvalue weighted by atomic mass is 16.6. The van der Waals surface area contributed by atoms with E-state index in [0.717, 1.165) is 13.8 Å². The van der Waals surface area contributed by atoms with Crippen molar-refractivity contribution in [1.82, 2.24) is 0 Å². The lowest BCUT2D eigenvalue weighted by atomic mass is 9.68. The highest BCUT2D eigenvalue weighted by molar-refractivity contribution is 6.10. The number of allylic oxidation sites excluding steroid dienone is 1. The van der Waals surface area contributed by atoms with E-state index >= 15 is 0 Å². The van der Waals surface area contributed by atoms with Gasteiger partial charge in [-0.25, -0.2) is 4.79 Å². The van der Waals surface area contributed by atoms with Crippen molar-refractivity contribution in [2.75, 3.05) is 0 Å². The van der Waals surface area contributed by atoms with Crippen LogP contribution in [0.3, 0.4) is 0 Å². The summed E-state index contributed by atoms with van der Waals surface area (Å²) < 4.78 is 11.2. The smallest absolute Gasteiger partial charge is 0.345 e. The van der Waals surface area contributed by atoms with Crippen molar-refractivity contribution < 1.29 is 38.6 Å². The molecular weight excluding hydrogens is 392 g/mol. The Labute approximate surface area is 174 Å². The normalized spacial score (nSPS) is 35.0. The largest absolute Gasteiger partial charge is 0.460 e. The summed E-state index contributed by atoms with van der Waals surface area (Å²) in [5, 5.41) is 10.2. The molecule has 30 heavy (non-hydrogen) atoms. The van der Waals surface area contributed by atoms with Gasteiger partial charge in [0.05, 0.1) is 5.92 Å². The van der Waals surface area contributed by atoms with Gasteiger partial charge in [-0.15, -0.1) is 0 Å². The lowest BCUT2D eigenvalue weighted by Gasteiger charge is -2.35. The number of fused-ring (bicyclic) bond motifs is 3. The van der Waals surface area contributed by atoms with Gasteiger partial charge in [0.25, 0.3) is 0 Å². The fourth-order valence-corrected chi connectivity index (χ4v) is 4.73. The van der Waals surface area contributed by atoms with Crippen molar-refractivity contribution in [1.29, 1.82) is 0 Å². The molecular formula is C22H26O8. The zero-order valence-electron chi connectivity index (χ0n) is 17.9. The van der Waals surface area contributed by atoms with Crippen LogP contribution < -0.4 is 0 Å². The van der Waals surface area contributed by atoms with Crippen LogP contribution in [0.1, 0.15) is 48.0 Å². The van der Waals surface area contributed by atoms with Gasteiger partial charge in [0, 0.05) is 17.9 Å². The van der Waals surface area contributed by atoms with E-state index in [1.807, 2.05) is 0 Å². The standard InChI is InChI=1S/C22H26O8/c1-9-7-13(25)15-10(2)8-14(29-20(27)22(6,28)12(4)24)17-18(16(9)15)30-19(26)21(17,5)11(3)23/h7,14,16-18,28H,8H2,1-6H3/t14-,16+,17+,18-,21-,22?/m0/s1. The number of rotatable bonds is 4. The van der Waals surface area contributed by atoms with Gasteiger partial charge in [0.1, 0.15) is 23.4 Å². The Morgan fingerprint density at radius 1 is 1.23 bits per heavy atom. The van der Waals surface area contributed by atoms with Gasteiger partial charge in [-0.1, -0.05) is 11.1 Å². The van der Waals surface area contributed by atoms with Crippen LogP contribution in [-0.4, -0.2) is 52.2 Å². The minimum Gasteiger partial charge on any atom is -0.460 e. The first-order valence-electron chi connectivity index (χ1n) is 9.83. The van der Waals surface area contributed by atoms with Crippen LogP contribution in [0.25, 0.3) is 0 Å². The molecule has 0 spiro atoms. The first-order chi connectivity index (χ1) is 13.7. The van der Waals surface area contributed by atoms with E-state index < -0.39 is 58.6 Å². The van der Waals surface area contributed by atoms with Crippen LogP contribution in [0, 0.1) is 17.3 Å². The molecule has 1 fully saturated rings. The first kappa shape index (κ1) is 22.1. The van der Waals surface area contributed by atoms with Gasteiger partial charge in [0.15, 0.2) is 11.6 Å². The van der Waals surface area contributed by atoms with Gasteiger partial charge in [-0.3, -0.25) is 19.2 Å². The molecule has 0 radical (unpaired) electrons. The summed E-state index contributed by atoms with van der Waals surface area (Å²) in [5.74, 6) is -4.80. The maximum atomic E-state index is 12.8. The molecule has 1 N–H and O–H groups in total. The van der Waals surface area contributed by atoms with Crippen LogP contribution in [-0.2, 0) is 33.4 Å². The molecule has 0 amide bonds. The van der Waals surface area contributed by atoms with Crippen LogP contribution >= 0.6 is 0 Å². The van der Waals surface area contributed by atoms with E-state index in [0.29, 0.717) is 16.7 Å². The second kappa shape index (κ2) is 6.97. The topological polar surface area (TPSA) is 124 Å². The van der Waals surface area contributed by atoms with Crippen molar-refractivity contribution >= 4 is 29.3 Å². The second-order valence-corrected chi connectivity index (χ2v) is 8.85. The summed E-state index contributed by atoms with van der Waals surface area (Å²) in [5.41, 5.74) is -2.15. The Kier molecular flexibility index (Phi) is 5.13. The summed E-state index contributed by atoms with van der Waals surface area (Å²) >= 11 is 0. The van der Waals surface area contributed by atoms with Crippen LogP contribution in [0.5, 0.6) is 0 Å². The molecule has 0 saturated carbocycles. The highest BCUT2D eigenvalue weighted by Gasteiger charge is 2.65. The molecule has 1 heterocycles. The quantitative estimate of drug-likeness (QED) is 0.534. The van der Waals surface area contributed by atoms with Gasteiger partial charge in [-0.05, 0) is 47.6 Å². The zero-order chi connectivity index (χ0) is 22.8. The molecule has 162 valence electrons. The SMILES string of the molecule is CC(=O)C(C)(O)C(=O)O[C@H]1CC(C)=C2C(=O)C=C(C)[C@H]2[C@@H]2OC(=O)[C@@](C)(C(C)=O)[C@@H]21. The third-order valence-electron chi connectivity index (χ3n) is 6.88. The zero-order valence-corrected chi connectivity index (χ0v) is 17.9. The van der Waals surface area contributed by atoms with E-state index in [1.165, 1.54) is 19.9 Å². The monoisotopic (exact) mass is 418 g/mol. The number of aliphatic hydroxyl groups is 1. The molecule has 2 aliphatic carbocycles. The molecule has 0 bridgehead atoms. The molecule has 8 heteroatoms. The minimum absolute atomic E-state index is 0.0685. The molecule has 1 saturated heterocycles. The lowest BCUT2D eigenvalue weighted by molar-refractivity contribution is -0.178. The van der Waals surface area contributed by atoms with Gasteiger partial charge in [0.2, 0.25) is 5.60 Å². The number of ketones is 3. The van der Waals surface area contributed by atoms with Crippen molar-refractivity contribution in [3.8, 4) is 0 Å². The summed E-state index contributed by atoms with van der Waals surface area (Å²) in [4.78, 5) is 62.3. The van der Waals surface area contributed by atoms with Crippen LogP contribution in [0.4, 0.5) is 0 Å². The average molecular weight is 418 g/mol. The summed E-state index contributed by atoms with van der Waals surface area (Å²) in [6, 6.07) is 0. The van der Waals surface area contributed by atoms with Crippen LogP contribution in [0.2, 0.25) is 0 Å². The first-order valence-corrected chi connectivity index (χ1v) is 9.83. The number of hydrogen-bond acceptors (Lipinski definition) is 8. The van der Waals surface area contributed by atoms with Crippen molar-refractivity contribution in [3.63, 3.8) is 0 Å². The van der Waals surface area contributed by atoms with Crippen molar-refractivity contribution in [2.45, 2.75) is 65.8 Å². The number of esters is 2. The molecule has 0 aromatic heterocycles. The highest BCUT2D eigenvalue weighted by Crippen LogP contribution is 2.53. The molecule has 1 unspecified atom stereocenters. The Balaban J connectivity index is 2.13. The predicted octanol–water partition coefficient (Wildman–Crippen LogP) is 1.24. The Morgan fingerprint density at radius 2 is 1.83 bits per heavy atom. The van der Waals surface area contributed by atoms with E-state index in [4.69, 9.17) is 9.47 Å². The summed E-state index contributed by atoms with van der Waals surface area (Å²) in [6.45, 7) is 8.28. The molecule has 3 aliphatic rings. The van der Waals surface area contributed by atoms with E-state index in [2.05, 4.69) is 0 Å². The summed E-state index contributed by atoms with van der Waals surface area (Å²) in [7, 11) is 0. The number of carbonyl (C=O) groups is 5. The molecule has 8 nitrogen and oxygen atoms in total. The number of Topliss-reactive ketones (excluding diaryl/α,β-unsaturated/α-hetero) is 2. The van der Waals surface area contributed by atoms with Crippen molar-refractivity contribution in [3.05, 3.63) is 22.8 Å². The Bertz CT molecular complexity index is 937. The maximum absolute atomic E-state index is 12.8. The second-order valence-electron chi connectivity index (χ2n) is 8.85. The molecule has 0 aromatic rings. The van der Waals surface area contributed by atoms with E-state index in [9.17, 15) is 29.1 Å². The average Bonchev–Trinajstić information content (AvgIpc) is 3.02. The third kappa shape index (κ3) is 2.96. The van der Waals surface area contributed by atoms with Crippen molar-refractivity contribution in [2.24, 2.45) is 17.3 Å². The maximum Gasteiger partial charge on any atom is 0.345 e. The van der Waals surface area contributed by atoms with E-state index in [-0.39, 0.29) is 12.2 Å². The predicted molar refractivity (Wildman–Crippen MR) is 103 cm³/mol. The number of ether oxygens (including phenoxy) is 2. The fourth-order valence-electron chi connectivity index (χ4n) is 4.73. The Hall–Kier alpha value is -2.61.